The molecule has 9 N–H and O–H groups in total. The molecule has 3 rings (SSSR count). The average Bonchev–Trinajstić information content (AvgIpc) is 3.45. The summed E-state index contributed by atoms with van der Waals surface area (Å²) in [6, 6.07) is 1.55. The molecule has 2 aromatic rings. The van der Waals surface area contributed by atoms with Crippen LogP contribution < -0.4 is 37.6 Å². The van der Waals surface area contributed by atoms with Gasteiger partial charge < -0.3 is 42.6 Å². The van der Waals surface area contributed by atoms with Crippen LogP contribution in [-0.4, -0.2) is 83.1 Å². The van der Waals surface area contributed by atoms with Crippen LogP contribution in [0.5, 0.6) is 0 Å². The molecule has 1 aromatic carbocycles. The number of aromatic amines is 1. The molecule has 7 amide bonds. The predicted octanol–water partition coefficient (Wildman–Crippen LogP) is 0.278. The van der Waals surface area contributed by atoms with Crippen LogP contribution in [0.2, 0.25) is 0 Å². The topological polar surface area (TPSA) is 233 Å². The van der Waals surface area contributed by atoms with Gasteiger partial charge in [-0.3, -0.25) is 33.6 Å². The maximum Gasteiger partial charge on any atom is 0.243 e. The fourth-order valence-electron chi connectivity index (χ4n) is 5.84. The minimum absolute atomic E-state index is 0.0371. The Morgan fingerprint density at radius 2 is 1.30 bits per heavy atom. The van der Waals surface area contributed by atoms with Crippen molar-refractivity contribution in [2.24, 2.45) is 23.5 Å². The van der Waals surface area contributed by atoms with E-state index in [1.807, 2.05) is 58.9 Å². The molecule has 1 aliphatic rings. The molecule has 0 bridgehead atoms. The largest absolute Gasteiger partial charge is 0.370 e. The zero-order valence-electron chi connectivity index (χ0n) is 29.7. The molecule has 15 heteroatoms. The molecule has 1 saturated heterocycles. The van der Waals surface area contributed by atoms with Gasteiger partial charge in [0.2, 0.25) is 41.4 Å². The van der Waals surface area contributed by atoms with Crippen molar-refractivity contribution in [3.63, 3.8) is 0 Å². The molecular formula is C35H52N8O7. The third-order valence-electron chi connectivity index (χ3n) is 8.69. The number of hydrogen-bond donors (Lipinski definition) is 8. The molecular weight excluding hydrogens is 644 g/mol. The van der Waals surface area contributed by atoms with Crippen molar-refractivity contribution in [2.45, 2.75) is 104 Å². The van der Waals surface area contributed by atoms with E-state index < -0.39 is 90.4 Å². The first-order chi connectivity index (χ1) is 23.6. The SMILES string of the molecule is CCC(C)[C@@H]1NC(=O)[C@@H](CC(C)C)NC(=O)[C@H](CC(C)C)NC(=O)[C@H](Cc2c[nH]c3ccccc23)NC(=O)CNC(=O)[C@H](CC(N)=O)NC1=O. The monoisotopic (exact) mass is 696 g/mol. The van der Waals surface area contributed by atoms with Crippen LogP contribution in [0, 0.1) is 17.8 Å². The second-order valence-corrected chi connectivity index (χ2v) is 13.9. The van der Waals surface area contributed by atoms with Crippen LogP contribution in [0.1, 0.15) is 72.8 Å². The molecule has 0 aliphatic carbocycles. The molecule has 1 fully saturated rings. The molecule has 1 unspecified atom stereocenters. The molecule has 1 aliphatic heterocycles. The van der Waals surface area contributed by atoms with Gasteiger partial charge in [0.15, 0.2) is 0 Å². The Bertz CT molecular complexity index is 1550. The van der Waals surface area contributed by atoms with E-state index in [9.17, 15) is 33.6 Å². The highest BCUT2D eigenvalue weighted by Crippen LogP contribution is 2.20. The molecule has 1 aromatic heterocycles. The smallest absolute Gasteiger partial charge is 0.243 e. The second kappa shape index (κ2) is 18.2. The second-order valence-electron chi connectivity index (χ2n) is 13.9. The van der Waals surface area contributed by atoms with Crippen molar-refractivity contribution >= 4 is 52.3 Å². The molecule has 274 valence electrons. The minimum atomic E-state index is -1.46. The third-order valence-corrected chi connectivity index (χ3v) is 8.69. The van der Waals surface area contributed by atoms with Gasteiger partial charge in [0.25, 0.3) is 0 Å². The zero-order chi connectivity index (χ0) is 37.1. The Balaban J connectivity index is 2.05. The molecule has 6 atom stereocenters. The maximum atomic E-state index is 13.9. The maximum absolute atomic E-state index is 13.9. The summed E-state index contributed by atoms with van der Waals surface area (Å²) in [5, 5.41) is 16.7. The summed E-state index contributed by atoms with van der Waals surface area (Å²) in [5.41, 5.74) is 6.94. The van der Waals surface area contributed by atoms with E-state index in [1.54, 1.807) is 13.1 Å². The summed E-state index contributed by atoms with van der Waals surface area (Å²) in [6.45, 7) is 10.5. The van der Waals surface area contributed by atoms with Crippen LogP contribution in [0.15, 0.2) is 30.5 Å². The van der Waals surface area contributed by atoms with E-state index in [2.05, 4.69) is 36.9 Å². The number of fused-ring (bicyclic) bond motifs is 1. The van der Waals surface area contributed by atoms with E-state index >= 15 is 0 Å². The van der Waals surface area contributed by atoms with Crippen LogP contribution in [0.4, 0.5) is 0 Å². The van der Waals surface area contributed by atoms with Crippen molar-refractivity contribution in [1.29, 1.82) is 0 Å². The van der Waals surface area contributed by atoms with E-state index in [0.717, 1.165) is 16.5 Å². The highest BCUT2D eigenvalue weighted by molar-refractivity contribution is 5.99. The molecule has 0 saturated carbocycles. The summed E-state index contributed by atoms with van der Waals surface area (Å²) >= 11 is 0. The Labute approximate surface area is 292 Å². The fourth-order valence-corrected chi connectivity index (χ4v) is 5.84. The van der Waals surface area contributed by atoms with Gasteiger partial charge in [-0.25, -0.2) is 0 Å². The lowest BCUT2D eigenvalue weighted by Gasteiger charge is -2.30. The summed E-state index contributed by atoms with van der Waals surface area (Å²) < 4.78 is 0. The normalized spacial score (nSPS) is 24.0. The van der Waals surface area contributed by atoms with Crippen LogP contribution in [0.25, 0.3) is 10.9 Å². The highest BCUT2D eigenvalue weighted by atomic mass is 16.2. The Morgan fingerprint density at radius 1 is 0.740 bits per heavy atom. The lowest BCUT2D eigenvalue weighted by molar-refractivity contribution is -0.137. The van der Waals surface area contributed by atoms with Crippen molar-refractivity contribution < 1.29 is 33.6 Å². The van der Waals surface area contributed by atoms with E-state index in [4.69, 9.17) is 5.73 Å². The number of H-pyrrole nitrogens is 1. The summed E-state index contributed by atoms with van der Waals surface area (Å²) in [7, 11) is 0. The van der Waals surface area contributed by atoms with Crippen molar-refractivity contribution in [3.05, 3.63) is 36.0 Å². The van der Waals surface area contributed by atoms with Gasteiger partial charge in [0.1, 0.15) is 30.2 Å². The van der Waals surface area contributed by atoms with E-state index in [1.165, 1.54) is 0 Å². The van der Waals surface area contributed by atoms with E-state index in [-0.39, 0.29) is 31.1 Å². The van der Waals surface area contributed by atoms with Crippen LogP contribution >= 0.6 is 0 Å². The molecule has 0 radical (unpaired) electrons. The summed E-state index contributed by atoms with van der Waals surface area (Å²) in [6.07, 6.45) is 2.12. The van der Waals surface area contributed by atoms with Crippen molar-refractivity contribution in [3.8, 4) is 0 Å². The standard InChI is InChI=1S/C35H52N8O7/c1-7-20(6)30-35(50)42-27(15-28(36)44)31(46)38-17-29(45)39-26(14-21-16-37-23-11-9-8-10-22(21)23)33(48)40-24(12-18(2)3)32(47)41-25(13-19(4)5)34(49)43-30/h8-11,16,18-20,24-27,30,37H,7,12-15,17H2,1-6H3,(H2,36,44)(H,38,46)(H,39,45)(H,40,48)(H,41,47)(H,42,50)(H,43,49)/t20?,24-,25+,26-,27-,30-/m0/s1. The first-order valence-corrected chi connectivity index (χ1v) is 17.2. The van der Waals surface area contributed by atoms with Gasteiger partial charge in [-0.15, -0.1) is 0 Å². The molecule has 15 nitrogen and oxygen atoms in total. The minimum Gasteiger partial charge on any atom is -0.370 e. The number of amides is 7. The third kappa shape index (κ3) is 11.3. The van der Waals surface area contributed by atoms with Gasteiger partial charge >= 0.3 is 0 Å². The number of aromatic nitrogens is 1. The predicted molar refractivity (Wildman–Crippen MR) is 187 cm³/mol. The number of carbonyl (C=O) groups excluding carboxylic acids is 7. The molecule has 2 heterocycles. The number of para-hydroxylation sites is 1. The zero-order valence-corrected chi connectivity index (χ0v) is 29.7. The number of benzene rings is 1. The lowest BCUT2D eigenvalue weighted by Crippen LogP contribution is -2.61. The quantitative estimate of drug-likeness (QED) is 0.173. The van der Waals surface area contributed by atoms with Gasteiger partial charge in [0, 0.05) is 23.5 Å². The first kappa shape index (κ1) is 39.5. The van der Waals surface area contributed by atoms with Gasteiger partial charge in [-0.2, -0.15) is 0 Å². The number of nitrogens with one attached hydrogen (secondary N) is 7. The average molecular weight is 697 g/mol. The van der Waals surface area contributed by atoms with Gasteiger partial charge in [0.05, 0.1) is 13.0 Å². The van der Waals surface area contributed by atoms with E-state index in [0.29, 0.717) is 6.42 Å². The van der Waals surface area contributed by atoms with Gasteiger partial charge in [-0.05, 0) is 42.2 Å². The summed E-state index contributed by atoms with van der Waals surface area (Å²) in [5.74, 6) is -5.55. The van der Waals surface area contributed by atoms with Crippen molar-refractivity contribution in [2.75, 3.05) is 6.54 Å². The lowest BCUT2D eigenvalue weighted by atomic mass is 9.95. The van der Waals surface area contributed by atoms with Crippen LogP contribution in [0.3, 0.4) is 0 Å². The number of carbonyl (C=O) groups is 7. The van der Waals surface area contributed by atoms with Crippen molar-refractivity contribution in [1.82, 2.24) is 36.9 Å². The Morgan fingerprint density at radius 3 is 1.88 bits per heavy atom. The van der Waals surface area contributed by atoms with Gasteiger partial charge in [-0.1, -0.05) is 66.2 Å². The first-order valence-electron chi connectivity index (χ1n) is 17.2. The number of primary amides is 1. The van der Waals surface area contributed by atoms with Crippen LogP contribution in [-0.2, 0) is 40.0 Å². The number of nitrogens with two attached hydrogens (primary N) is 1. The fraction of sp³-hybridized carbons (Fsp3) is 0.571. The Kier molecular flexibility index (Phi) is 14.3. The molecule has 0 spiro atoms. The highest BCUT2D eigenvalue weighted by Gasteiger charge is 2.35. The summed E-state index contributed by atoms with van der Waals surface area (Å²) in [4.78, 5) is 96.6. The molecule has 50 heavy (non-hydrogen) atoms. The number of rotatable bonds is 10. The Hall–Kier alpha value is -4.95. The number of hydrogen-bond acceptors (Lipinski definition) is 7.